The van der Waals surface area contributed by atoms with Crippen molar-refractivity contribution in [2.24, 2.45) is 11.8 Å². The van der Waals surface area contributed by atoms with Crippen LogP contribution in [-0.4, -0.2) is 61.7 Å². The van der Waals surface area contributed by atoms with Gasteiger partial charge < -0.3 is 14.4 Å². The molecule has 1 amide bonds. The molecule has 0 radical (unpaired) electrons. The van der Waals surface area contributed by atoms with Gasteiger partial charge in [-0.25, -0.2) is 8.78 Å². The Morgan fingerprint density at radius 2 is 1.77 bits per heavy atom. The zero-order valence-electron chi connectivity index (χ0n) is 18.2. The number of likely N-dealkylation sites (tertiary alicyclic amines) is 1. The van der Waals surface area contributed by atoms with Gasteiger partial charge in [-0.1, -0.05) is 0 Å². The quantitative estimate of drug-likeness (QED) is 0.618. The first kappa shape index (κ1) is 24.2. The van der Waals surface area contributed by atoms with E-state index in [4.69, 9.17) is 9.47 Å². The first-order valence-corrected chi connectivity index (χ1v) is 11.2. The second-order valence-electron chi connectivity index (χ2n) is 9.03. The zero-order chi connectivity index (χ0) is 21.1. The van der Waals surface area contributed by atoms with E-state index in [0.717, 1.165) is 51.6 Å². The molecule has 0 bridgehead atoms. The highest BCUT2D eigenvalue weighted by atomic mass is 35.5. The number of hydrogen-bond acceptors (Lipinski definition) is 4. The van der Waals surface area contributed by atoms with Crippen LogP contribution in [-0.2, 0) is 16.1 Å². The summed E-state index contributed by atoms with van der Waals surface area (Å²) < 4.78 is 40.0. The van der Waals surface area contributed by atoms with Gasteiger partial charge >= 0.3 is 0 Å². The lowest BCUT2D eigenvalue weighted by molar-refractivity contribution is -0.138. The maximum atomic E-state index is 14.5. The summed E-state index contributed by atoms with van der Waals surface area (Å²) in [4.78, 5) is 16.4. The fourth-order valence-electron chi connectivity index (χ4n) is 4.81. The summed E-state index contributed by atoms with van der Waals surface area (Å²) in [6.07, 6.45) is 5.31. The fraction of sp³-hybridized carbons (Fsp3) is 0.696. The van der Waals surface area contributed by atoms with Crippen molar-refractivity contribution >= 4 is 18.3 Å². The van der Waals surface area contributed by atoms with Gasteiger partial charge in [0.25, 0.3) is 0 Å². The Morgan fingerprint density at radius 1 is 1.16 bits per heavy atom. The van der Waals surface area contributed by atoms with E-state index in [0.29, 0.717) is 32.2 Å². The minimum absolute atomic E-state index is 0. The second kappa shape index (κ2) is 10.9. The molecule has 0 spiro atoms. The van der Waals surface area contributed by atoms with Crippen LogP contribution in [0.15, 0.2) is 12.1 Å². The Hall–Kier alpha value is -1.44. The molecule has 1 aliphatic carbocycles. The van der Waals surface area contributed by atoms with Gasteiger partial charge in [0.2, 0.25) is 5.91 Å². The number of amides is 1. The van der Waals surface area contributed by atoms with E-state index in [9.17, 15) is 13.6 Å². The van der Waals surface area contributed by atoms with Crippen LogP contribution >= 0.6 is 12.4 Å². The molecular weight excluding hydrogens is 426 g/mol. The molecule has 1 aromatic rings. The molecule has 5 nitrogen and oxygen atoms in total. The van der Waals surface area contributed by atoms with Gasteiger partial charge in [0.15, 0.2) is 0 Å². The minimum atomic E-state index is -0.533. The Bertz CT molecular complexity index is 725. The molecule has 0 unspecified atom stereocenters. The number of hydrogen-bond donors (Lipinski definition) is 0. The van der Waals surface area contributed by atoms with Crippen molar-refractivity contribution in [1.82, 2.24) is 9.80 Å². The summed E-state index contributed by atoms with van der Waals surface area (Å²) >= 11 is 0. The first-order chi connectivity index (χ1) is 14.5. The van der Waals surface area contributed by atoms with E-state index >= 15 is 0 Å². The normalized spacial score (nSPS) is 24.4. The smallest absolute Gasteiger partial charge is 0.225 e. The Morgan fingerprint density at radius 3 is 2.39 bits per heavy atom. The molecule has 3 fully saturated rings. The van der Waals surface area contributed by atoms with Crippen LogP contribution in [0, 0.1) is 23.5 Å². The van der Waals surface area contributed by atoms with Crippen molar-refractivity contribution in [3.05, 3.63) is 29.3 Å². The maximum Gasteiger partial charge on any atom is 0.225 e. The largest absolute Gasteiger partial charge is 0.490 e. The molecule has 2 saturated heterocycles. The topological polar surface area (TPSA) is 42.0 Å². The van der Waals surface area contributed by atoms with Crippen LogP contribution < -0.4 is 4.74 Å². The average Bonchev–Trinajstić information content (AvgIpc) is 3.22. The van der Waals surface area contributed by atoms with Gasteiger partial charge in [-0.3, -0.25) is 9.69 Å². The monoisotopic (exact) mass is 458 g/mol. The molecule has 1 aromatic carbocycles. The Balaban J connectivity index is 0.00000272. The third-order valence-corrected chi connectivity index (χ3v) is 6.67. The number of carbonyl (C=O) groups excluding carboxylic acids is 1. The Kier molecular flexibility index (Phi) is 8.53. The number of rotatable bonds is 7. The lowest BCUT2D eigenvalue weighted by atomic mass is 9.81. The predicted molar refractivity (Wildman–Crippen MR) is 116 cm³/mol. The molecule has 31 heavy (non-hydrogen) atoms. The average molecular weight is 459 g/mol. The summed E-state index contributed by atoms with van der Waals surface area (Å²) in [5.74, 6) is -0.177. The van der Waals surface area contributed by atoms with Crippen LogP contribution in [0.25, 0.3) is 0 Å². The fourth-order valence-corrected chi connectivity index (χ4v) is 4.81. The van der Waals surface area contributed by atoms with Gasteiger partial charge in [0.05, 0.1) is 6.10 Å². The summed E-state index contributed by atoms with van der Waals surface area (Å²) in [5, 5.41) is 0. The molecule has 2 aliphatic heterocycles. The van der Waals surface area contributed by atoms with Gasteiger partial charge in [-0.15, -0.1) is 12.4 Å². The standard InChI is InChI=1S/C23H32F2N2O3.ClH/c1-26(23(28)17-4-8-29-9-5-17)14-16-10-18(11-16)30-19-12-21(24)20(22(25)13-19)15-27-6-2-3-7-27;/h12-13,16-18H,2-11,14-15H2,1H3;1H. The lowest BCUT2D eigenvalue weighted by Crippen LogP contribution is -2.44. The van der Waals surface area contributed by atoms with Crippen molar-refractivity contribution in [3.8, 4) is 5.75 Å². The maximum absolute atomic E-state index is 14.5. The van der Waals surface area contributed by atoms with E-state index in [2.05, 4.69) is 4.90 Å². The molecule has 8 heteroatoms. The Labute approximate surface area is 189 Å². The van der Waals surface area contributed by atoms with Crippen LogP contribution in [0.4, 0.5) is 8.78 Å². The van der Waals surface area contributed by atoms with Gasteiger partial charge in [0.1, 0.15) is 17.4 Å². The third-order valence-electron chi connectivity index (χ3n) is 6.67. The van der Waals surface area contributed by atoms with Crippen molar-refractivity contribution in [2.45, 2.75) is 51.2 Å². The van der Waals surface area contributed by atoms with E-state index in [1.165, 1.54) is 12.1 Å². The van der Waals surface area contributed by atoms with E-state index in [1.807, 2.05) is 11.9 Å². The van der Waals surface area contributed by atoms with Crippen LogP contribution in [0.3, 0.4) is 0 Å². The van der Waals surface area contributed by atoms with Crippen molar-refractivity contribution in [2.75, 3.05) is 39.9 Å². The second-order valence-corrected chi connectivity index (χ2v) is 9.03. The van der Waals surface area contributed by atoms with E-state index in [1.54, 1.807) is 0 Å². The highest BCUT2D eigenvalue weighted by Crippen LogP contribution is 2.33. The predicted octanol–water partition coefficient (Wildman–Crippen LogP) is 4.02. The number of benzene rings is 1. The third kappa shape index (κ3) is 6.08. The summed E-state index contributed by atoms with van der Waals surface area (Å²) in [7, 11) is 1.86. The first-order valence-electron chi connectivity index (χ1n) is 11.2. The number of nitrogens with zero attached hydrogens (tertiary/aromatic N) is 2. The molecular formula is C23H33ClF2N2O3. The van der Waals surface area contributed by atoms with E-state index < -0.39 is 11.6 Å². The number of halogens is 3. The van der Waals surface area contributed by atoms with Crippen LogP contribution in [0.1, 0.15) is 44.1 Å². The van der Waals surface area contributed by atoms with E-state index in [-0.39, 0.29) is 41.6 Å². The van der Waals surface area contributed by atoms with Crippen molar-refractivity contribution < 1.29 is 23.0 Å². The van der Waals surface area contributed by atoms with Crippen LogP contribution in [0.5, 0.6) is 5.75 Å². The molecule has 0 N–H and O–H groups in total. The molecule has 3 aliphatic rings. The minimum Gasteiger partial charge on any atom is -0.490 e. The SMILES string of the molecule is CN(CC1CC(Oc2cc(F)c(CN3CCCC3)c(F)c2)C1)C(=O)C1CCOCC1.Cl. The van der Waals surface area contributed by atoms with Crippen LogP contribution in [0.2, 0.25) is 0 Å². The molecule has 2 heterocycles. The van der Waals surface area contributed by atoms with Gasteiger partial charge in [0, 0.05) is 57.0 Å². The highest BCUT2D eigenvalue weighted by molar-refractivity contribution is 5.85. The number of carbonyl (C=O) groups is 1. The zero-order valence-corrected chi connectivity index (χ0v) is 19.0. The molecule has 1 saturated carbocycles. The number of ether oxygens (including phenoxy) is 2. The highest BCUT2D eigenvalue weighted by Gasteiger charge is 2.34. The molecule has 174 valence electrons. The van der Waals surface area contributed by atoms with Crippen molar-refractivity contribution in [3.63, 3.8) is 0 Å². The molecule has 0 atom stereocenters. The summed E-state index contributed by atoms with van der Waals surface area (Å²) in [6.45, 7) is 4.13. The lowest BCUT2D eigenvalue weighted by Gasteiger charge is -2.38. The summed E-state index contributed by atoms with van der Waals surface area (Å²) in [5.41, 5.74) is 0.129. The summed E-state index contributed by atoms with van der Waals surface area (Å²) in [6, 6.07) is 2.62. The van der Waals surface area contributed by atoms with Crippen molar-refractivity contribution in [1.29, 1.82) is 0 Å². The van der Waals surface area contributed by atoms with Gasteiger partial charge in [-0.05, 0) is 57.5 Å². The molecule has 4 rings (SSSR count). The molecule has 0 aromatic heterocycles. The van der Waals surface area contributed by atoms with Gasteiger partial charge in [-0.2, -0.15) is 0 Å².